The lowest BCUT2D eigenvalue weighted by molar-refractivity contribution is 0.0922. The summed E-state index contributed by atoms with van der Waals surface area (Å²) in [5.41, 5.74) is 0.880. The van der Waals surface area contributed by atoms with Gasteiger partial charge in [0.05, 0.1) is 18.1 Å². The number of carbonyl (C=O) groups excluding carboxylic acids is 1. The number of ether oxygens (including phenoxy) is 1. The maximum absolute atomic E-state index is 11.7. The van der Waals surface area contributed by atoms with Gasteiger partial charge in [-0.3, -0.25) is 4.79 Å². The predicted molar refractivity (Wildman–Crippen MR) is 59.0 cm³/mol. The standard InChI is InChI=1S/C10H15NO3S/c1-7(5-12)11-10(13)9-8(6-14-2)3-4-15-9/h3-4,7,12H,5-6H2,1-2H3,(H,11,13). The van der Waals surface area contributed by atoms with Gasteiger partial charge in [0.1, 0.15) is 0 Å². The molecule has 0 bridgehead atoms. The average Bonchev–Trinajstić information content (AvgIpc) is 2.66. The number of aliphatic hydroxyl groups excluding tert-OH is 1. The summed E-state index contributed by atoms with van der Waals surface area (Å²) in [4.78, 5) is 12.4. The fourth-order valence-corrected chi connectivity index (χ4v) is 1.95. The lowest BCUT2D eigenvalue weighted by atomic mass is 10.2. The van der Waals surface area contributed by atoms with Gasteiger partial charge < -0.3 is 15.2 Å². The Hall–Kier alpha value is -0.910. The van der Waals surface area contributed by atoms with Crippen LogP contribution < -0.4 is 5.32 Å². The quantitative estimate of drug-likeness (QED) is 0.792. The highest BCUT2D eigenvalue weighted by Gasteiger charge is 2.14. The molecule has 4 nitrogen and oxygen atoms in total. The smallest absolute Gasteiger partial charge is 0.262 e. The van der Waals surface area contributed by atoms with E-state index in [-0.39, 0.29) is 18.6 Å². The normalized spacial score (nSPS) is 12.5. The van der Waals surface area contributed by atoms with E-state index >= 15 is 0 Å². The number of aliphatic hydroxyl groups is 1. The van der Waals surface area contributed by atoms with Crippen LogP contribution in [0.2, 0.25) is 0 Å². The van der Waals surface area contributed by atoms with E-state index in [0.717, 1.165) is 5.56 Å². The monoisotopic (exact) mass is 229 g/mol. The zero-order chi connectivity index (χ0) is 11.3. The summed E-state index contributed by atoms with van der Waals surface area (Å²) < 4.78 is 4.99. The van der Waals surface area contributed by atoms with Crippen LogP contribution in [0.5, 0.6) is 0 Å². The van der Waals surface area contributed by atoms with Gasteiger partial charge in [0.15, 0.2) is 0 Å². The highest BCUT2D eigenvalue weighted by molar-refractivity contribution is 7.12. The Balaban J connectivity index is 2.68. The molecule has 1 rings (SSSR count). The number of hydrogen-bond acceptors (Lipinski definition) is 4. The largest absolute Gasteiger partial charge is 0.394 e. The highest BCUT2D eigenvalue weighted by atomic mass is 32.1. The third kappa shape index (κ3) is 3.30. The van der Waals surface area contributed by atoms with E-state index in [2.05, 4.69) is 5.32 Å². The maximum Gasteiger partial charge on any atom is 0.262 e. The fourth-order valence-electron chi connectivity index (χ4n) is 1.14. The van der Waals surface area contributed by atoms with E-state index in [1.165, 1.54) is 11.3 Å². The molecule has 0 radical (unpaired) electrons. The number of amides is 1. The van der Waals surface area contributed by atoms with Crippen molar-refractivity contribution < 1.29 is 14.6 Å². The zero-order valence-corrected chi connectivity index (χ0v) is 9.63. The molecule has 0 aromatic carbocycles. The fraction of sp³-hybridized carbons (Fsp3) is 0.500. The van der Waals surface area contributed by atoms with Crippen molar-refractivity contribution in [1.82, 2.24) is 5.32 Å². The van der Waals surface area contributed by atoms with E-state index in [4.69, 9.17) is 9.84 Å². The molecule has 1 heterocycles. The third-order valence-corrected chi connectivity index (χ3v) is 2.86. The van der Waals surface area contributed by atoms with E-state index in [1.54, 1.807) is 14.0 Å². The van der Waals surface area contributed by atoms with Gasteiger partial charge in [-0.25, -0.2) is 0 Å². The number of nitrogens with one attached hydrogen (secondary N) is 1. The molecule has 15 heavy (non-hydrogen) atoms. The van der Waals surface area contributed by atoms with Crippen molar-refractivity contribution in [2.45, 2.75) is 19.6 Å². The molecule has 84 valence electrons. The van der Waals surface area contributed by atoms with E-state index in [0.29, 0.717) is 11.5 Å². The Bertz CT molecular complexity index is 324. The van der Waals surface area contributed by atoms with Crippen molar-refractivity contribution in [2.24, 2.45) is 0 Å². The Kier molecular flexibility index (Phi) is 4.74. The van der Waals surface area contributed by atoms with E-state index < -0.39 is 0 Å². The first kappa shape index (κ1) is 12.2. The Labute approximate surface area is 92.9 Å². The molecule has 5 heteroatoms. The molecule has 0 aliphatic rings. The van der Waals surface area contributed by atoms with Crippen molar-refractivity contribution in [1.29, 1.82) is 0 Å². The summed E-state index contributed by atoms with van der Waals surface area (Å²) in [6.07, 6.45) is 0. The molecule has 0 spiro atoms. The molecule has 1 aromatic rings. The first-order chi connectivity index (χ1) is 7.19. The number of methoxy groups -OCH3 is 1. The van der Waals surface area contributed by atoms with Crippen LogP contribution in [-0.2, 0) is 11.3 Å². The predicted octanol–water partition coefficient (Wildman–Crippen LogP) is 1.01. The van der Waals surface area contributed by atoms with E-state index in [9.17, 15) is 4.79 Å². The summed E-state index contributed by atoms with van der Waals surface area (Å²) in [7, 11) is 1.59. The van der Waals surface area contributed by atoms with Gasteiger partial charge in [-0.05, 0) is 18.4 Å². The van der Waals surface area contributed by atoms with Gasteiger partial charge in [0.25, 0.3) is 5.91 Å². The van der Waals surface area contributed by atoms with Crippen LogP contribution in [0.4, 0.5) is 0 Å². The molecule has 2 N–H and O–H groups in total. The molecular weight excluding hydrogens is 214 g/mol. The van der Waals surface area contributed by atoms with Crippen molar-refractivity contribution in [3.63, 3.8) is 0 Å². The van der Waals surface area contributed by atoms with Crippen LogP contribution in [0, 0.1) is 0 Å². The van der Waals surface area contributed by atoms with Crippen LogP contribution in [0.25, 0.3) is 0 Å². The maximum atomic E-state index is 11.7. The molecule has 0 aliphatic heterocycles. The molecule has 0 saturated carbocycles. The van der Waals surface area contributed by atoms with Crippen LogP contribution in [-0.4, -0.2) is 30.8 Å². The Morgan fingerprint density at radius 1 is 1.73 bits per heavy atom. The molecule has 0 aliphatic carbocycles. The Morgan fingerprint density at radius 2 is 2.47 bits per heavy atom. The summed E-state index contributed by atoms with van der Waals surface area (Å²) >= 11 is 1.38. The first-order valence-corrected chi connectivity index (χ1v) is 5.54. The second kappa shape index (κ2) is 5.85. The Morgan fingerprint density at radius 3 is 3.07 bits per heavy atom. The second-order valence-corrected chi connectivity index (χ2v) is 4.18. The summed E-state index contributed by atoms with van der Waals surface area (Å²) in [6, 6.07) is 1.64. The molecule has 0 saturated heterocycles. The van der Waals surface area contributed by atoms with Crippen LogP contribution >= 0.6 is 11.3 Å². The van der Waals surface area contributed by atoms with Crippen molar-refractivity contribution in [3.8, 4) is 0 Å². The molecular formula is C10H15NO3S. The van der Waals surface area contributed by atoms with Crippen molar-refractivity contribution in [2.75, 3.05) is 13.7 Å². The van der Waals surface area contributed by atoms with Gasteiger partial charge in [-0.2, -0.15) is 0 Å². The lowest BCUT2D eigenvalue weighted by Crippen LogP contribution is -2.34. The second-order valence-electron chi connectivity index (χ2n) is 3.27. The molecule has 1 unspecified atom stereocenters. The number of carbonyl (C=O) groups is 1. The lowest BCUT2D eigenvalue weighted by Gasteiger charge is -2.10. The average molecular weight is 229 g/mol. The SMILES string of the molecule is COCc1ccsc1C(=O)NC(C)CO. The molecule has 1 aromatic heterocycles. The first-order valence-electron chi connectivity index (χ1n) is 4.66. The zero-order valence-electron chi connectivity index (χ0n) is 8.82. The minimum absolute atomic E-state index is 0.0588. The van der Waals surface area contributed by atoms with Crippen molar-refractivity contribution in [3.05, 3.63) is 21.9 Å². The molecule has 1 amide bonds. The topological polar surface area (TPSA) is 58.6 Å². The van der Waals surface area contributed by atoms with Gasteiger partial charge >= 0.3 is 0 Å². The van der Waals surface area contributed by atoms with Gasteiger partial charge in [-0.1, -0.05) is 0 Å². The van der Waals surface area contributed by atoms with Crippen LogP contribution in [0.3, 0.4) is 0 Å². The molecule has 1 atom stereocenters. The minimum atomic E-state index is -0.227. The third-order valence-electron chi connectivity index (χ3n) is 1.90. The van der Waals surface area contributed by atoms with Crippen LogP contribution in [0.1, 0.15) is 22.2 Å². The number of hydrogen-bond donors (Lipinski definition) is 2. The summed E-state index contributed by atoms with van der Waals surface area (Å²) in [5, 5.41) is 13.4. The van der Waals surface area contributed by atoms with Gasteiger partial charge in [0.2, 0.25) is 0 Å². The van der Waals surface area contributed by atoms with Crippen molar-refractivity contribution >= 4 is 17.2 Å². The highest BCUT2D eigenvalue weighted by Crippen LogP contribution is 2.17. The van der Waals surface area contributed by atoms with Gasteiger partial charge in [0, 0.05) is 18.7 Å². The number of thiophene rings is 1. The van der Waals surface area contributed by atoms with Crippen LogP contribution in [0.15, 0.2) is 11.4 Å². The summed E-state index contributed by atoms with van der Waals surface area (Å²) in [6.45, 7) is 2.12. The summed E-state index contributed by atoms with van der Waals surface area (Å²) in [5.74, 6) is -0.154. The minimum Gasteiger partial charge on any atom is -0.394 e. The molecule has 0 fully saturated rings. The number of rotatable bonds is 5. The van der Waals surface area contributed by atoms with Gasteiger partial charge in [-0.15, -0.1) is 11.3 Å². The van der Waals surface area contributed by atoms with E-state index in [1.807, 2.05) is 11.4 Å².